The SMILES string of the molecule is CN(Cc1ccccc1)C1CCCc2ccccc2C1N1CCCC1. The van der Waals surface area contributed by atoms with E-state index >= 15 is 0 Å². The Morgan fingerprint density at radius 1 is 0.920 bits per heavy atom. The number of aryl methyl sites for hydroxylation is 1. The molecule has 132 valence electrons. The molecule has 2 aliphatic rings. The highest BCUT2D eigenvalue weighted by molar-refractivity contribution is 5.33. The fourth-order valence-corrected chi connectivity index (χ4v) is 4.83. The van der Waals surface area contributed by atoms with Crippen LogP contribution in [0.1, 0.15) is 48.4 Å². The van der Waals surface area contributed by atoms with Crippen molar-refractivity contribution in [3.63, 3.8) is 0 Å². The summed E-state index contributed by atoms with van der Waals surface area (Å²) in [6.45, 7) is 3.56. The number of likely N-dealkylation sites (N-methyl/N-ethyl adjacent to an activating group) is 1. The number of hydrogen-bond donors (Lipinski definition) is 0. The van der Waals surface area contributed by atoms with Gasteiger partial charge in [0.25, 0.3) is 0 Å². The summed E-state index contributed by atoms with van der Waals surface area (Å²) in [4.78, 5) is 5.37. The highest BCUT2D eigenvalue weighted by Crippen LogP contribution is 2.37. The predicted octanol–water partition coefficient (Wildman–Crippen LogP) is 4.66. The van der Waals surface area contributed by atoms with Crippen molar-refractivity contribution in [1.82, 2.24) is 9.80 Å². The van der Waals surface area contributed by atoms with Gasteiger partial charge in [-0.15, -0.1) is 0 Å². The first-order valence-electron chi connectivity index (χ1n) is 9.89. The summed E-state index contributed by atoms with van der Waals surface area (Å²) in [6.07, 6.45) is 6.53. The Morgan fingerprint density at radius 2 is 1.64 bits per heavy atom. The molecular weight excluding hydrogens is 304 g/mol. The lowest BCUT2D eigenvalue weighted by atomic mass is 9.93. The largest absolute Gasteiger partial charge is 0.297 e. The van der Waals surface area contributed by atoms with E-state index in [1.54, 1.807) is 11.1 Å². The van der Waals surface area contributed by atoms with E-state index in [4.69, 9.17) is 0 Å². The molecule has 2 atom stereocenters. The van der Waals surface area contributed by atoms with Gasteiger partial charge in [0.05, 0.1) is 6.04 Å². The van der Waals surface area contributed by atoms with E-state index in [0.717, 1.165) is 6.54 Å². The summed E-state index contributed by atoms with van der Waals surface area (Å²) >= 11 is 0. The van der Waals surface area contributed by atoms with Gasteiger partial charge in [-0.3, -0.25) is 9.80 Å². The van der Waals surface area contributed by atoms with Gasteiger partial charge in [-0.2, -0.15) is 0 Å². The maximum atomic E-state index is 2.76. The molecule has 1 fully saturated rings. The number of likely N-dealkylation sites (tertiary alicyclic amines) is 1. The fraction of sp³-hybridized carbons (Fsp3) is 0.478. The van der Waals surface area contributed by atoms with E-state index in [0.29, 0.717) is 12.1 Å². The first-order valence-corrected chi connectivity index (χ1v) is 9.89. The van der Waals surface area contributed by atoms with Gasteiger partial charge in [0.15, 0.2) is 0 Å². The summed E-state index contributed by atoms with van der Waals surface area (Å²) in [5.41, 5.74) is 4.59. The van der Waals surface area contributed by atoms with Crippen molar-refractivity contribution in [3.05, 3.63) is 71.3 Å². The molecule has 2 heteroatoms. The molecule has 0 N–H and O–H groups in total. The fourth-order valence-electron chi connectivity index (χ4n) is 4.83. The second kappa shape index (κ2) is 7.72. The molecule has 1 aliphatic heterocycles. The van der Waals surface area contributed by atoms with Crippen LogP contribution in [0.3, 0.4) is 0 Å². The molecule has 2 aromatic rings. The third kappa shape index (κ3) is 3.65. The minimum absolute atomic E-state index is 0.551. The zero-order chi connectivity index (χ0) is 17.1. The zero-order valence-electron chi connectivity index (χ0n) is 15.4. The second-order valence-corrected chi connectivity index (χ2v) is 7.75. The molecule has 1 heterocycles. The van der Waals surface area contributed by atoms with E-state index in [-0.39, 0.29) is 0 Å². The van der Waals surface area contributed by atoms with Gasteiger partial charge < -0.3 is 0 Å². The molecule has 1 saturated heterocycles. The molecule has 25 heavy (non-hydrogen) atoms. The summed E-state index contributed by atoms with van der Waals surface area (Å²) in [6, 6.07) is 21.3. The Morgan fingerprint density at radius 3 is 2.44 bits per heavy atom. The van der Waals surface area contributed by atoms with Crippen LogP contribution < -0.4 is 0 Å². The summed E-state index contributed by atoms with van der Waals surface area (Å²) in [7, 11) is 2.33. The third-order valence-electron chi connectivity index (χ3n) is 6.06. The minimum Gasteiger partial charge on any atom is -0.297 e. The number of benzene rings is 2. The normalized spacial score (nSPS) is 24.2. The number of nitrogens with zero attached hydrogens (tertiary/aromatic N) is 2. The van der Waals surface area contributed by atoms with Crippen LogP contribution in [-0.2, 0) is 13.0 Å². The standard InChI is InChI=1S/C23H30N2/c1-24(18-19-10-3-2-4-11-19)22-15-9-13-20-12-5-6-14-21(20)23(22)25-16-7-8-17-25/h2-6,10-12,14,22-23H,7-9,13,15-18H2,1H3. The maximum Gasteiger partial charge on any atom is 0.0506 e. The average molecular weight is 335 g/mol. The third-order valence-corrected chi connectivity index (χ3v) is 6.06. The molecule has 0 amide bonds. The van der Waals surface area contributed by atoms with Crippen molar-refractivity contribution in [2.45, 2.75) is 50.7 Å². The summed E-state index contributed by atoms with van der Waals surface area (Å²) in [5, 5.41) is 0. The molecule has 2 nitrogen and oxygen atoms in total. The van der Waals surface area contributed by atoms with Gasteiger partial charge >= 0.3 is 0 Å². The van der Waals surface area contributed by atoms with Gasteiger partial charge in [0, 0.05) is 12.6 Å². The molecule has 4 rings (SSSR count). The van der Waals surface area contributed by atoms with Crippen LogP contribution in [0.25, 0.3) is 0 Å². The van der Waals surface area contributed by atoms with Crippen LogP contribution in [0, 0.1) is 0 Å². The number of fused-ring (bicyclic) bond motifs is 1. The van der Waals surface area contributed by atoms with Crippen LogP contribution in [0.4, 0.5) is 0 Å². The molecule has 0 aromatic heterocycles. The van der Waals surface area contributed by atoms with Crippen LogP contribution in [0.15, 0.2) is 54.6 Å². The summed E-state index contributed by atoms with van der Waals surface area (Å²) in [5.74, 6) is 0. The lowest BCUT2D eigenvalue weighted by Gasteiger charge is -2.39. The molecule has 0 radical (unpaired) electrons. The highest BCUT2D eigenvalue weighted by Gasteiger charge is 2.35. The van der Waals surface area contributed by atoms with Crippen LogP contribution in [-0.4, -0.2) is 36.0 Å². The van der Waals surface area contributed by atoms with Crippen molar-refractivity contribution in [3.8, 4) is 0 Å². The van der Waals surface area contributed by atoms with Crippen molar-refractivity contribution in [2.75, 3.05) is 20.1 Å². The molecule has 0 spiro atoms. The van der Waals surface area contributed by atoms with E-state index in [1.807, 2.05) is 0 Å². The maximum absolute atomic E-state index is 2.76. The second-order valence-electron chi connectivity index (χ2n) is 7.75. The smallest absolute Gasteiger partial charge is 0.0506 e. The van der Waals surface area contributed by atoms with Gasteiger partial charge in [-0.05, 0) is 68.9 Å². The Balaban J connectivity index is 1.64. The quantitative estimate of drug-likeness (QED) is 0.750. The van der Waals surface area contributed by atoms with Crippen molar-refractivity contribution in [1.29, 1.82) is 0 Å². The van der Waals surface area contributed by atoms with E-state index in [9.17, 15) is 0 Å². The average Bonchev–Trinajstić information content (AvgIpc) is 3.10. The van der Waals surface area contributed by atoms with Crippen LogP contribution in [0.2, 0.25) is 0 Å². The van der Waals surface area contributed by atoms with Gasteiger partial charge in [-0.1, -0.05) is 54.6 Å². The minimum atomic E-state index is 0.551. The Labute approximate surface area is 152 Å². The van der Waals surface area contributed by atoms with Gasteiger partial charge in [-0.25, -0.2) is 0 Å². The molecule has 2 unspecified atom stereocenters. The van der Waals surface area contributed by atoms with E-state index < -0.39 is 0 Å². The monoisotopic (exact) mass is 334 g/mol. The number of rotatable bonds is 4. The molecular formula is C23H30N2. The highest BCUT2D eigenvalue weighted by atomic mass is 15.2. The van der Waals surface area contributed by atoms with Crippen molar-refractivity contribution < 1.29 is 0 Å². The topological polar surface area (TPSA) is 6.48 Å². The molecule has 0 bridgehead atoms. The molecule has 1 aliphatic carbocycles. The van der Waals surface area contributed by atoms with E-state index in [1.165, 1.54) is 50.8 Å². The first kappa shape index (κ1) is 16.8. The van der Waals surface area contributed by atoms with Gasteiger partial charge in [0.1, 0.15) is 0 Å². The van der Waals surface area contributed by atoms with Crippen LogP contribution >= 0.6 is 0 Å². The Bertz CT molecular complexity index is 676. The van der Waals surface area contributed by atoms with Crippen LogP contribution in [0.5, 0.6) is 0 Å². The molecule has 0 saturated carbocycles. The Hall–Kier alpha value is -1.64. The van der Waals surface area contributed by atoms with Gasteiger partial charge in [0.2, 0.25) is 0 Å². The summed E-state index contributed by atoms with van der Waals surface area (Å²) < 4.78 is 0. The lowest BCUT2D eigenvalue weighted by Crippen LogP contribution is -2.43. The van der Waals surface area contributed by atoms with E-state index in [2.05, 4.69) is 71.4 Å². The molecule has 2 aromatic carbocycles. The Kier molecular flexibility index (Phi) is 5.19. The predicted molar refractivity (Wildman–Crippen MR) is 105 cm³/mol. The lowest BCUT2D eigenvalue weighted by molar-refractivity contribution is 0.101. The number of hydrogen-bond acceptors (Lipinski definition) is 2. The first-order chi connectivity index (χ1) is 12.3. The van der Waals surface area contributed by atoms with Crippen molar-refractivity contribution >= 4 is 0 Å². The van der Waals surface area contributed by atoms with Crippen molar-refractivity contribution in [2.24, 2.45) is 0 Å². The zero-order valence-corrected chi connectivity index (χ0v) is 15.4.